The molecule has 0 aromatic carbocycles. The molecule has 0 atom stereocenters. The van der Waals surface area contributed by atoms with Crippen LogP contribution in [0.25, 0.3) is 0 Å². The van der Waals surface area contributed by atoms with Crippen molar-refractivity contribution in [1.29, 1.82) is 5.26 Å². The van der Waals surface area contributed by atoms with Crippen LogP contribution in [-0.4, -0.2) is 6.54 Å². The molecule has 2 rings (SSSR count). The molecule has 0 unspecified atom stereocenters. The topological polar surface area (TPSA) is 35.8 Å². The summed E-state index contributed by atoms with van der Waals surface area (Å²) < 4.78 is 0. The fourth-order valence-electron chi connectivity index (χ4n) is 1.98. The zero-order valence-electron chi connectivity index (χ0n) is 9.45. The third-order valence-corrected chi connectivity index (χ3v) is 4.13. The molecule has 0 aliphatic heterocycles. The molecule has 0 bridgehead atoms. The van der Waals surface area contributed by atoms with Gasteiger partial charge in [-0.25, -0.2) is 0 Å². The fourth-order valence-corrected chi connectivity index (χ4v) is 2.76. The summed E-state index contributed by atoms with van der Waals surface area (Å²) in [7, 11) is 0. The first-order valence-electron chi connectivity index (χ1n) is 5.40. The monoisotopic (exact) mass is 256 g/mol. The van der Waals surface area contributed by atoms with Crippen LogP contribution in [0.1, 0.15) is 36.6 Å². The average molecular weight is 257 g/mol. The summed E-state index contributed by atoms with van der Waals surface area (Å²) >= 11 is 1.67. The van der Waals surface area contributed by atoms with Gasteiger partial charge in [0.2, 0.25) is 0 Å². The predicted molar refractivity (Wildman–Crippen MR) is 69.9 cm³/mol. The van der Waals surface area contributed by atoms with Gasteiger partial charge < -0.3 is 5.32 Å². The van der Waals surface area contributed by atoms with Crippen molar-refractivity contribution in [1.82, 2.24) is 5.32 Å². The summed E-state index contributed by atoms with van der Waals surface area (Å²) in [6, 6.07) is 4.13. The molecule has 4 heteroatoms. The van der Waals surface area contributed by atoms with Gasteiger partial charge in [-0.1, -0.05) is 13.3 Å². The lowest BCUT2D eigenvalue weighted by molar-refractivity contribution is 0.156. The van der Waals surface area contributed by atoms with Crippen LogP contribution in [0.3, 0.4) is 0 Å². The molecule has 0 spiro atoms. The summed E-state index contributed by atoms with van der Waals surface area (Å²) in [5, 5.41) is 14.1. The van der Waals surface area contributed by atoms with Crippen LogP contribution < -0.4 is 5.32 Å². The molecule has 1 aromatic rings. The van der Waals surface area contributed by atoms with E-state index in [0.717, 1.165) is 18.7 Å². The van der Waals surface area contributed by atoms with Gasteiger partial charge in [0.05, 0.1) is 5.56 Å². The van der Waals surface area contributed by atoms with E-state index in [1.165, 1.54) is 24.1 Å². The number of rotatable bonds is 4. The Morgan fingerprint density at radius 1 is 1.56 bits per heavy atom. The SMILES string of the molecule is CC1(CNCc2cc(C#N)cs2)CCC1.Cl. The highest BCUT2D eigenvalue weighted by Gasteiger charge is 2.30. The summed E-state index contributed by atoms with van der Waals surface area (Å²) in [5.74, 6) is 0. The van der Waals surface area contributed by atoms with Crippen molar-refractivity contribution < 1.29 is 0 Å². The van der Waals surface area contributed by atoms with E-state index in [1.54, 1.807) is 11.3 Å². The summed E-state index contributed by atoms with van der Waals surface area (Å²) in [6.45, 7) is 4.35. The van der Waals surface area contributed by atoms with Crippen LogP contribution in [0.5, 0.6) is 0 Å². The van der Waals surface area contributed by atoms with Crippen molar-refractivity contribution in [3.8, 4) is 6.07 Å². The number of nitrogens with one attached hydrogen (secondary N) is 1. The van der Waals surface area contributed by atoms with Crippen molar-refractivity contribution >= 4 is 23.7 Å². The number of thiophene rings is 1. The molecule has 1 aliphatic carbocycles. The van der Waals surface area contributed by atoms with E-state index in [2.05, 4.69) is 18.3 Å². The lowest BCUT2D eigenvalue weighted by atomic mass is 9.70. The number of hydrogen-bond donors (Lipinski definition) is 1. The Morgan fingerprint density at radius 2 is 2.31 bits per heavy atom. The van der Waals surface area contributed by atoms with Gasteiger partial charge in [0.1, 0.15) is 6.07 Å². The first-order chi connectivity index (χ1) is 7.22. The van der Waals surface area contributed by atoms with Crippen LogP contribution in [0.2, 0.25) is 0 Å². The van der Waals surface area contributed by atoms with Crippen molar-refractivity contribution in [2.75, 3.05) is 6.54 Å². The van der Waals surface area contributed by atoms with Crippen molar-refractivity contribution in [3.05, 3.63) is 21.9 Å². The maximum Gasteiger partial charge on any atom is 0.100 e. The fraction of sp³-hybridized carbons (Fsp3) is 0.583. The van der Waals surface area contributed by atoms with Crippen molar-refractivity contribution in [2.24, 2.45) is 5.41 Å². The second kappa shape index (κ2) is 5.67. The molecule has 1 saturated carbocycles. The van der Waals surface area contributed by atoms with Crippen LogP contribution in [0, 0.1) is 16.7 Å². The summed E-state index contributed by atoms with van der Waals surface area (Å²) in [5.41, 5.74) is 1.32. The van der Waals surface area contributed by atoms with E-state index >= 15 is 0 Å². The number of nitriles is 1. The minimum absolute atomic E-state index is 0. The first-order valence-corrected chi connectivity index (χ1v) is 6.28. The molecule has 1 fully saturated rings. The second-order valence-corrected chi connectivity index (χ2v) is 5.68. The largest absolute Gasteiger partial charge is 0.311 e. The molecule has 1 aromatic heterocycles. The zero-order valence-corrected chi connectivity index (χ0v) is 11.1. The van der Waals surface area contributed by atoms with E-state index in [1.807, 2.05) is 11.4 Å². The van der Waals surface area contributed by atoms with E-state index < -0.39 is 0 Å². The molecule has 0 saturated heterocycles. The first kappa shape index (κ1) is 13.5. The summed E-state index contributed by atoms with van der Waals surface area (Å²) in [4.78, 5) is 1.26. The average Bonchev–Trinajstić information content (AvgIpc) is 2.63. The highest BCUT2D eigenvalue weighted by molar-refractivity contribution is 7.10. The van der Waals surface area contributed by atoms with Crippen LogP contribution in [-0.2, 0) is 6.54 Å². The van der Waals surface area contributed by atoms with Crippen LogP contribution >= 0.6 is 23.7 Å². The third kappa shape index (κ3) is 3.21. The Balaban J connectivity index is 0.00000128. The highest BCUT2D eigenvalue weighted by atomic mass is 35.5. The maximum absolute atomic E-state index is 8.69. The van der Waals surface area contributed by atoms with Gasteiger partial charge in [0, 0.05) is 23.3 Å². The Morgan fingerprint density at radius 3 is 2.81 bits per heavy atom. The Bertz CT molecular complexity index is 377. The predicted octanol–water partition coefficient (Wildman–Crippen LogP) is 3.32. The van der Waals surface area contributed by atoms with Gasteiger partial charge in [-0.05, 0) is 24.3 Å². The molecule has 1 N–H and O–H groups in total. The molecule has 88 valence electrons. The zero-order chi connectivity index (χ0) is 10.7. The van der Waals surface area contributed by atoms with Crippen molar-refractivity contribution in [2.45, 2.75) is 32.7 Å². The number of nitrogens with zero attached hydrogens (tertiary/aromatic N) is 1. The van der Waals surface area contributed by atoms with Gasteiger partial charge in [0.25, 0.3) is 0 Å². The lowest BCUT2D eigenvalue weighted by Gasteiger charge is -2.38. The van der Waals surface area contributed by atoms with Gasteiger partial charge in [-0.2, -0.15) is 5.26 Å². The molecular weight excluding hydrogens is 240 g/mol. The van der Waals surface area contributed by atoms with E-state index in [9.17, 15) is 0 Å². The minimum atomic E-state index is 0. The molecule has 1 heterocycles. The lowest BCUT2D eigenvalue weighted by Crippen LogP contribution is -2.36. The van der Waals surface area contributed by atoms with Gasteiger partial charge in [-0.3, -0.25) is 0 Å². The smallest absolute Gasteiger partial charge is 0.100 e. The maximum atomic E-state index is 8.69. The number of halogens is 1. The van der Waals surface area contributed by atoms with Crippen LogP contribution in [0.15, 0.2) is 11.4 Å². The van der Waals surface area contributed by atoms with E-state index in [4.69, 9.17) is 5.26 Å². The Hall–Kier alpha value is -0.560. The van der Waals surface area contributed by atoms with Crippen molar-refractivity contribution in [3.63, 3.8) is 0 Å². The standard InChI is InChI=1S/C12H16N2S.ClH/c1-12(3-2-4-12)9-14-7-11-5-10(6-13)8-15-11;/h5,8,14H,2-4,7,9H2,1H3;1H. The molecule has 0 radical (unpaired) electrons. The van der Waals surface area contributed by atoms with Crippen LogP contribution in [0.4, 0.5) is 0 Å². The minimum Gasteiger partial charge on any atom is -0.311 e. The molecule has 0 amide bonds. The normalized spacial score (nSPS) is 17.0. The molecule has 16 heavy (non-hydrogen) atoms. The van der Waals surface area contributed by atoms with Gasteiger partial charge in [0.15, 0.2) is 0 Å². The van der Waals surface area contributed by atoms with Gasteiger partial charge in [-0.15, -0.1) is 23.7 Å². The Labute approximate surface area is 107 Å². The Kier molecular flexibility index (Phi) is 4.79. The molecule has 2 nitrogen and oxygen atoms in total. The summed E-state index contributed by atoms with van der Waals surface area (Å²) in [6.07, 6.45) is 4.09. The van der Waals surface area contributed by atoms with E-state index in [-0.39, 0.29) is 12.4 Å². The van der Waals surface area contributed by atoms with E-state index in [0.29, 0.717) is 5.41 Å². The van der Waals surface area contributed by atoms with Gasteiger partial charge >= 0.3 is 0 Å². The highest BCUT2D eigenvalue weighted by Crippen LogP contribution is 2.39. The quantitative estimate of drug-likeness (QED) is 0.897. The number of hydrogen-bond acceptors (Lipinski definition) is 3. The molecular formula is C12H17ClN2S. The third-order valence-electron chi connectivity index (χ3n) is 3.19. The second-order valence-electron chi connectivity index (χ2n) is 4.68. The molecule has 1 aliphatic rings.